The van der Waals surface area contributed by atoms with Gasteiger partial charge in [0.15, 0.2) is 0 Å². The molecule has 5 heteroatoms. The Morgan fingerprint density at radius 2 is 1.59 bits per heavy atom. The van der Waals surface area contributed by atoms with E-state index in [1.807, 2.05) is 13.8 Å². The lowest BCUT2D eigenvalue weighted by molar-refractivity contribution is -0.144. The molecule has 0 fully saturated rings. The highest BCUT2D eigenvalue weighted by atomic mass is 16.5. The molecule has 0 saturated carbocycles. The Balaban J connectivity index is 3.40. The summed E-state index contributed by atoms with van der Waals surface area (Å²) in [6.45, 7) is 6.43. The summed E-state index contributed by atoms with van der Waals surface area (Å²) in [6.07, 6.45) is 0.547. The molecule has 102 valence electrons. The van der Waals surface area contributed by atoms with Crippen LogP contribution in [0.2, 0.25) is 0 Å². The molecule has 17 heavy (non-hydrogen) atoms. The lowest BCUT2D eigenvalue weighted by Crippen LogP contribution is -2.22. The van der Waals surface area contributed by atoms with Gasteiger partial charge in [0.2, 0.25) is 0 Å². The molecule has 0 radical (unpaired) electrons. The quantitative estimate of drug-likeness (QED) is 0.560. The number of hydrogen-bond donors (Lipinski definition) is 1. The van der Waals surface area contributed by atoms with Gasteiger partial charge in [-0.15, -0.1) is 0 Å². The smallest absolute Gasteiger partial charge is 0.306 e. The molecule has 1 N–H and O–H groups in total. The summed E-state index contributed by atoms with van der Waals surface area (Å²) in [5.41, 5.74) is 0. The van der Waals surface area contributed by atoms with E-state index in [2.05, 4.69) is 0 Å². The molecule has 0 aliphatic carbocycles. The SMILES string of the molecule is COCCOCCOCCC(C(=O)O)C(C)C. The van der Waals surface area contributed by atoms with Crippen molar-refractivity contribution in [1.82, 2.24) is 0 Å². The number of aliphatic carboxylic acids is 1. The van der Waals surface area contributed by atoms with E-state index in [-0.39, 0.29) is 11.8 Å². The lowest BCUT2D eigenvalue weighted by Gasteiger charge is -2.15. The summed E-state index contributed by atoms with van der Waals surface area (Å²) in [4.78, 5) is 10.9. The van der Waals surface area contributed by atoms with Gasteiger partial charge in [0.1, 0.15) is 0 Å². The van der Waals surface area contributed by atoms with Crippen LogP contribution in [0, 0.1) is 11.8 Å². The topological polar surface area (TPSA) is 65.0 Å². The van der Waals surface area contributed by atoms with Crippen LogP contribution >= 0.6 is 0 Å². The molecule has 0 aromatic rings. The summed E-state index contributed by atoms with van der Waals surface area (Å²) in [7, 11) is 1.62. The number of carboxylic acids is 1. The number of carboxylic acid groups (broad SMARTS) is 1. The van der Waals surface area contributed by atoms with Gasteiger partial charge in [-0.25, -0.2) is 0 Å². The zero-order valence-corrected chi connectivity index (χ0v) is 11.0. The molecule has 1 atom stereocenters. The van der Waals surface area contributed by atoms with Crippen LogP contribution in [-0.4, -0.2) is 51.2 Å². The molecule has 1 unspecified atom stereocenters. The fourth-order valence-corrected chi connectivity index (χ4v) is 1.42. The Hall–Kier alpha value is -0.650. The second-order valence-electron chi connectivity index (χ2n) is 4.19. The fourth-order valence-electron chi connectivity index (χ4n) is 1.42. The molecular formula is C12H24O5. The minimum Gasteiger partial charge on any atom is -0.481 e. The first kappa shape index (κ1) is 16.4. The number of rotatable bonds is 11. The zero-order chi connectivity index (χ0) is 13.1. The summed E-state index contributed by atoms with van der Waals surface area (Å²) in [6, 6.07) is 0. The van der Waals surface area contributed by atoms with Gasteiger partial charge in [-0.05, 0) is 12.3 Å². The second-order valence-corrected chi connectivity index (χ2v) is 4.19. The Bertz CT molecular complexity index is 193. The van der Waals surface area contributed by atoms with Crippen LogP contribution in [0.3, 0.4) is 0 Å². The molecular weight excluding hydrogens is 224 g/mol. The van der Waals surface area contributed by atoms with Crippen LogP contribution in [0.25, 0.3) is 0 Å². The molecule has 0 rings (SSSR count). The highest BCUT2D eigenvalue weighted by molar-refractivity contribution is 5.70. The van der Waals surface area contributed by atoms with Crippen molar-refractivity contribution in [3.8, 4) is 0 Å². The maximum absolute atomic E-state index is 10.9. The van der Waals surface area contributed by atoms with Crippen molar-refractivity contribution in [2.45, 2.75) is 20.3 Å². The van der Waals surface area contributed by atoms with Crippen LogP contribution < -0.4 is 0 Å². The summed E-state index contributed by atoms with van der Waals surface area (Å²) >= 11 is 0. The third-order valence-electron chi connectivity index (χ3n) is 2.50. The van der Waals surface area contributed by atoms with E-state index in [0.717, 1.165) is 0 Å². The van der Waals surface area contributed by atoms with Crippen molar-refractivity contribution in [2.75, 3.05) is 40.1 Å². The zero-order valence-electron chi connectivity index (χ0n) is 11.0. The van der Waals surface area contributed by atoms with E-state index in [0.29, 0.717) is 39.5 Å². The van der Waals surface area contributed by atoms with Gasteiger partial charge in [-0.2, -0.15) is 0 Å². The molecule has 0 amide bonds. The van der Waals surface area contributed by atoms with Gasteiger partial charge in [-0.1, -0.05) is 13.8 Å². The van der Waals surface area contributed by atoms with E-state index in [1.165, 1.54) is 0 Å². The third-order valence-corrected chi connectivity index (χ3v) is 2.50. The predicted octanol–water partition coefficient (Wildman–Crippen LogP) is 1.41. The number of hydrogen-bond acceptors (Lipinski definition) is 4. The minimum absolute atomic E-state index is 0.133. The average Bonchev–Trinajstić information content (AvgIpc) is 2.26. The second kappa shape index (κ2) is 10.5. The predicted molar refractivity (Wildman–Crippen MR) is 64.1 cm³/mol. The van der Waals surface area contributed by atoms with Crippen LogP contribution in [0.4, 0.5) is 0 Å². The van der Waals surface area contributed by atoms with Crippen molar-refractivity contribution in [3.63, 3.8) is 0 Å². The molecule has 0 heterocycles. The van der Waals surface area contributed by atoms with Gasteiger partial charge in [0.25, 0.3) is 0 Å². The molecule has 0 saturated heterocycles. The van der Waals surface area contributed by atoms with E-state index in [1.54, 1.807) is 7.11 Å². The summed E-state index contributed by atoms with van der Waals surface area (Å²) in [5.74, 6) is -0.946. The van der Waals surface area contributed by atoms with Crippen molar-refractivity contribution < 1.29 is 24.1 Å². The van der Waals surface area contributed by atoms with Crippen LogP contribution in [0.15, 0.2) is 0 Å². The Morgan fingerprint density at radius 3 is 2.06 bits per heavy atom. The first-order valence-electron chi connectivity index (χ1n) is 5.96. The molecule has 0 spiro atoms. The molecule has 0 bridgehead atoms. The summed E-state index contributed by atoms with van der Waals surface area (Å²) in [5, 5.41) is 8.95. The first-order valence-corrected chi connectivity index (χ1v) is 5.96. The van der Waals surface area contributed by atoms with Gasteiger partial charge in [-0.3, -0.25) is 4.79 Å². The number of methoxy groups -OCH3 is 1. The fraction of sp³-hybridized carbons (Fsp3) is 0.917. The molecule has 0 aliphatic heterocycles. The molecule has 5 nitrogen and oxygen atoms in total. The van der Waals surface area contributed by atoms with Crippen LogP contribution in [0.1, 0.15) is 20.3 Å². The monoisotopic (exact) mass is 248 g/mol. The normalized spacial score (nSPS) is 12.9. The largest absolute Gasteiger partial charge is 0.481 e. The van der Waals surface area contributed by atoms with E-state index >= 15 is 0 Å². The molecule has 0 aromatic carbocycles. The van der Waals surface area contributed by atoms with Crippen molar-refractivity contribution in [1.29, 1.82) is 0 Å². The van der Waals surface area contributed by atoms with E-state index < -0.39 is 5.97 Å². The summed E-state index contributed by atoms with van der Waals surface area (Å²) < 4.78 is 15.3. The van der Waals surface area contributed by atoms with Crippen molar-refractivity contribution >= 4 is 5.97 Å². The van der Waals surface area contributed by atoms with E-state index in [9.17, 15) is 4.79 Å². The van der Waals surface area contributed by atoms with Crippen molar-refractivity contribution in [3.05, 3.63) is 0 Å². The van der Waals surface area contributed by atoms with Crippen LogP contribution in [0.5, 0.6) is 0 Å². The number of carbonyl (C=O) groups is 1. The standard InChI is InChI=1S/C12H24O5/c1-10(2)11(12(13)14)4-5-16-8-9-17-7-6-15-3/h10-11H,4-9H2,1-3H3,(H,13,14). The Morgan fingerprint density at radius 1 is 1.06 bits per heavy atom. The molecule has 0 aromatic heterocycles. The van der Waals surface area contributed by atoms with E-state index in [4.69, 9.17) is 19.3 Å². The minimum atomic E-state index is -0.750. The Kier molecular flexibility index (Phi) is 10.1. The maximum atomic E-state index is 10.9. The van der Waals surface area contributed by atoms with Gasteiger partial charge < -0.3 is 19.3 Å². The maximum Gasteiger partial charge on any atom is 0.306 e. The van der Waals surface area contributed by atoms with Gasteiger partial charge in [0, 0.05) is 13.7 Å². The van der Waals surface area contributed by atoms with Gasteiger partial charge >= 0.3 is 5.97 Å². The third kappa shape index (κ3) is 9.09. The lowest BCUT2D eigenvalue weighted by atomic mass is 9.93. The Labute approximate surface area is 103 Å². The average molecular weight is 248 g/mol. The van der Waals surface area contributed by atoms with Crippen LogP contribution in [-0.2, 0) is 19.0 Å². The highest BCUT2D eigenvalue weighted by Crippen LogP contribution is 2.15. The molecule has 0 aliphatic rings. The highest BCUT2D eigenvalue weighted by Gasteiger charge is 2.20. The van der Waals surface area contributed by atoms with Crippen molar-refractivity contribution in [2.24, 2.45) is 11.8 Å². The first-order chi connectivity index (χ1) is 8.09. The van der Waals surface area contributed by atoms with Gasteiger partial charge in [0.05, 0.1) is 32.3 Å². The number of ether oxygens (including phenoxy) is 3.